The third kappa shape index (κ3) is 20.1. The number of aromatic nitrogens is 8. The van der Waals surface area contributed by atoms with Crippen molar-refractivity contribution in [3.05, 3.63) is 273 Å². The molecule has 6 aliphatic rings. The maximum atomic E-state index is 14.6. The van der Waals surface area contributed by atoms with E-state index in [-0.39, 0.29) is 67.1 Å². The van der Waals surface area contributed by atoms with Crippen LogP contribution in [0, 0.1) is 11.6 Å². The summed E-state index contributed by atoms with van der Waals surface area (Å²) in [4.78, 5) is 68.6. The number of nitrogens with one attached hydrogen (secondary N) is 4. The van der Waals surface area contributed by atoms with Crippen LogP contribution in [0.15, 0.2) is 215 Å². The first kappa shape index (κ1) is 88.0. The van der Waals surface area contributed by atoms with Crippen LogP contribution in [0.25, 0.3) is 44.5 Å². The maximum absolute atomic E-state index is 14.6. The molecule has 18 rings (SSSR count). The van der Waals surface area contributed by atoms with E-state index in [0.717, 1.165) is 156 Å². The van der Waals surface area contributed by atoms with Gasteiger partial charge in [0, 0.05) is 61.9 Å². The molecular weight excluding hydrogens is 1700 g/mol. The Morgan fingerprint density at radius 3 is 1.19 bits per heavy atom. The number of fused-ring (bicyclic) bond motifs is 28. The molecule has 0 saturated heterocycles. The lowest BCUT2D eigenvalue weighted by molar-refractivity contribution is -0.119. The molecule has 4 amide bonds. The molecule has 16 bridgehead atoms. The van der Waals surface area contributed by atoms with Gasteiger partial charge in [0.15, 0.2) is 11.6 Å². The van der Waals surface area contributed by atoms with Crippen molar-refractivity contribution in [2.75, 3.05) is 26.4 Å². The average molecular weight is 1790 g/mol. The van der Waals surface area contributed by atoms with Crippen LogP contribution in [-0.4, -0.2) is 123 Å². The van der Waals surface area contributed by atoms with Crippen LogP contribution in [-0.2, 0) is 136 Å². The molecule has 0 spiro atoms. The number of amides is 4. The summed E-state index contributed by atoms with van der Waals surface area (Å²) < 4.78 is 165. The summed E-state index contributed by atoms with van der Waals surface area (Å²) in [6.07, 6.45) is 14.7. The molecule has 126 heavy (non-hydrogen) atoms. The zero-order chi connectivity index (χ0) is 89.0. The van der Waals surface area contributed by atoms with Gasteiger partial charge in [0.1, 0.15) is 13.2 Å². The molecule has 0 saturated carbocycles. The van der Waals surface area contributed by atoms with Gasteiger partial charge in [-0.25, -0.2) is 64.4 Å². The minimum absolute atomic E-state index is 0.00403. The number of benzene rings is 6. The number of sulfonamides is 4. The van der Waals surface area contributed by atoms with Gasteiger partial charge in [-0.1, -0.05) is 113 Å². The summed E-state index contributed by atoms with van der Waals surface area (Å²) in [6, 6.07) is 47.4. The number of nitrogens with zero attached hydrogens (tertiary/aromatic N) is 8. The van der Waals surface area contributed by atoms with Gasteiger partial charge in [0.25, 0.3) is 40.1 Å². The van der Waals surface area contributed by atoms with Crippen LogP contribution in [0.2, 0.25) is 0 Å². The van der Waals surface area contributed by atoms with Gasteiger partial charge in [-0.05, 0) is 224 Å². The molecule has 4 N–H and O–H groups in total. The van der Waals surface area contributed by atoms with Gasteiger partial charge in [0.2, 0.25) is 57.2 Å². The number of rotatable bonds is 2. The first-order valence-corrected chi connectivity index (χ1v) is 46.9. The van der Waals surface area contributed by atoms with E-state index in [1.807, 2.05) is 128 Å². The quantitative estimate of drug-likeness (QED) is 0.125. The van der Waals surface area contributed by atoms with E-state index >= 15 is 0 Å². The zero-order valence-corrected chi connectivity index (χ0v) is 72.9. The number of hydrogen-bond acceptors (Lipinski definition) is 22. The first-order valence-electron chi connectivity index (χ1n) is 41.0. The van der Waals surface area contributed by atoms with Crippen molar-refractivity contribution in [1.29, 1.82) is 0 Å². The lowest BCUT2D eigenvalue weighted by Crippen LogP contribution is -2.35. The molecular formula is C92H90F2N12O16S4. The van der Waals surface area contributed by atoms with Crippen molar-refractivity contribution in [2.24, 2.45) is 0 Å². The van der Waals surface area contributed by atoms with Gasteiger partial charge in [0.05, 0.1) is 73.2 Å². The lowest BCUT2D eigenvalue weighted by atomic mass is 9.88. The largest absolute Gasteiger partial charge is 0.477 e. The van der Waals surface area contributed by atoms with E-state index in [9.17, 15) is 61.6 Å². The molecule has 4 aliphatic heterocycles. The molecule has 0 atom stereocenters. The van der Waals surface area contributed by atoms with Crippen molar-refractivity contribution in [1.82, 2.24) is 58.4 Å². The number of hydrogen-bond donors (Lipinski definition) is 4. The number of carbonyl (C=O) groups is 4. The van der Waals surface area contributed by atoms with Gasteiger partial charge >= 0.3 is 0 Å². The van der Waals surface area contributed by atoms with E-state index in [0.29, 0.717) is 55.1 Å². The minimum Gasteiger partial charge on any atom is -0.477 e. The monoisotopic (exact) mass is 1780 g/mol. The molecule has 0 radical (unpaired) electrons. The smallest absolute Gasteiger partial charge is 0.286 e. The highest BCUT2D eigenvalue weighted by atomic mass is 32.2. The zero-order valence-electron chi connectivity index (χ0n) is 69.6. The first-order chi connectivity index (χ1) is 60.2. The molecule has 0 unspecified atom stereocenters. The predicted octanol–water partition coefficient (Wildman–Crippen LogP) is 12.5. The summed E-state index contributed by atoms with van der Waals surface area (Å²) in [7, 11) is -16.9. The van der Waals surface area contributed by atoms with E-state index in [1.54, 1.807) is 81.1 Å². The molecule has 6 aromatic carbocycles. The lowest BCUT2D eigenvalue weighted by Gasteiger charge is -2.25. The van der Waals surface area contributed by atoms with Crippen LogP contribution in [0.1, 0.15) is 133 Å². The van der Waals surface area contributed by atoms with Crippen LogP contribution in [0.5, 0.6) is 23.5 Å². The fourth-order valence-corrected chi connectivity index (χ4v) is 20.3. The second-order valence-corrected chi connectivity index (χ2v) is 38.8. The van der Waals surface area contributed by atoms with E-state index in [2.05, 4.69) is 51.7 Å². The summed E-state index contributed by atoms with van der Waals surface area (Å²) in [5.41, 5.74) is 17.1. The highest BCUT2D eigenvalue weighted by Gasteiger charge is 2.35. The fraction of sp³-hybridized carbons (Fsp3) is 0.283. The summed E-state index contributed by atoms with van der Waals surface area (Å²) >= 11 is 0. The molecule has 6 aromatic heterocycles. The summed E-state index contributed by atoms with van der Waals surface area (Å²) in [5, 5.41) is 6.05. The third-order valence-corrected chi connectivity index (χ3v) is 27.6. The van der Waals surface area contributed by atoms with Crippen LogP contribution in [0.4, 0.5) is 8.78 Å². The number of pyridine rings is 4. The molecule has 12 aromatic rings. The Bertz CT molecular complexity index is 6760. The Hall–Kier alpha value is -12.9. The van der Waals surface area contributed by atoms with E-state index < -0.39 is 90.9 Å². The maximum Gasteiger partial charge on any atom is 0.286 e. The highest BCUT2D eigenvalue weighted by molar-refractivity contribution is 7.91. The summed E-state index contributed by atoms with van der Waals surface area (Å²) in [5.74, 6) is -2.74. The second-order valence-electron chi connectivity index (χ2n) is 32.3. The molecule has 34 heteroatoms. The summed E-state index contributed by atoms with van der Waals surface area (Å²) in [6.45, 7) is 12.5. The van der Waals surface area contributed by atoms with Crippen molar-refractivity contribution < 1.29 is 80.6 Å². The predicted molar refractivity (Wildman–Crippen MR) is 463 cm³/mol. The number of ether oxygens (including phenoxy) is 4. The number of halogens is 2. The van der Waals surface area contributed by atoms with Gasteiger partial charge in [-0.2, -0.15) is 27.0 Å². The Morgan fingerprint density at radius 1 is 0.389 bits per heavy atom. The van der Waals surface area contributed by atoms with Crippen molar-refractivity contribution in [3.8, 4) is 68.0 Å². The van der Waals surface area contributed by atoms with Crippen molar-refractivity contribution >= 4 is 63.7 Å². The highest BCUT2D eigenvalue weighted by Crippen LogP contribution is 2.40. The number of aryl methyl sites for hydroxylation is 2. The Labute approximate surface area is 728 Å². The van der Waals surface area contributed by atoms with Gasteiger partial charge < -0.3 is 18.9 Å². The van der Waals surface area contributed by atoms with Crippen molar-refractivity contribution in [2.45, 2.75) is 162 Å². The second kappa shape index (κ2) is 36.7. The SMILES string of the molecule is CC(C)c1cccc2c1CC(=O)NS(=O)(=O)c1cccc(c1)CCOc1cc-2ccn1.CC(C)c1cccc2c1CC(=O)NS(=O)(=O)c1nn(cc1F)CCOc1cc-2ccn1.CC1(C)COc2cc(ccn2)-c2ccc3c(c2CC(=O)NS(=O)(=O)c2nn1cc2F)CCC3.O=C1Cc2c(ccc3c2CCC3)-c2ccnc(c2)OCCc2cccc(c2)S(=O)(=O)N1. The van der Waals surface area contributed by atoms with Crippen LogP contribution in [0.3, 0.4) is 0 Å². The van der Waals surface area contributed by atoms with E-state index in [1.165, 1.54) is 22.4 Å². The van der Waals surface area contributed by atoms with Crippen molar-refractivity contribution in [3.63, 3.8) is 0 Å². The average Bonchev–Trinajstić information content (AvgIpc) is 1.54. The minimum atomic E-state index is -4.50. The molecule has 10 heterocycles. The van der Waals surface area contributed by atoms with Crippen LogP contribution >= 0.6 is 0 Å². The molecule has 0 fully saturated rings. The van der Waals surface area contributed by atoms with Crippen LogP contribution < -0.4 is 37.8 Å². The standard InChI is InChI=1S/C24H22N2O4S.C24H24N2O4S.C23H23FN4O4S.C21H21FN4O4S/c27-23-15-22-20-6-2-4-17(20)7-8-21(22)18-9-11-25-24(14-18)30-12-10-16-3-1-5-19(13-16)31(28,29)26-23;1-16(2)20-7-4-8-21-18-9-11-25-24(14-18)30-12-10-17-5-3-6-19(13-17)31(28,29)26-23(27)15-22(20)21;1-23(2)13-32-21-10-15(8-9-25-21)17-7-6-14-4-3-5-16(14)18(17)11-20(29)27-33(30,31)22-19(24)12-28(23)26-22;1-13(2)15-4-3-5-16-14-6-7-23-20(10-14)30-9-8-26-12-18(22)21(24-26)31(28,29)25-19(27)11-17(15)16/h1,3,5,7-9,11,13-14H,2,4,6,10,12,15H2,(H,26,27);3-9,11,13-14,16H,10,12,15H2,1-2H3,(H,26,27);6-10,12H,3-5,11,13H2,1-2H3,(H,27,29);3-7,10,12-13H,8-9,11H2,1-2H3,(H,25,27). The fourth-order valence-electron chi connectivity index (χ4n) is 16.2. The molecule has 28 nitrogen and oxygen atoms in total. The molecule has 2 aliphatic carbocycles. The Morgan fingerprint density at radius 2 is 0.762 bits per heavy atom. The number of carbonyl (C=O) groups excluding carboxylic acids is 4. The Kier molecular flexibility index (Phi) is 25.6. The van der Waals surface area contributed by atoms with Gasteiger partial charge in [-0.3, -0.25) is 28.5 Å². The normalized spacial score (nSPS) is 17.0. The Balaban J connectivity index is 0.000000130. The topological polar surface area (TPSA) is 377 Å². The van der Waals surface area contributed by atoms with Gasteiger partial charge in [-0.15, -0.1) is 0 Å². The third-order valence-electron chi connectivity index (χ3n) is 22.3. The molecule has 652 valence electrons. The van der Waals surface area contributed by atoms with E-state index in [4.69, 9.17) is 18.9 Å².